The quantitative estimate of drug-likeness (QED) is 0.437. The summed E-state index contributed by atoms with van der Waals surface area (Å²) in [5.41, 5.74) is 3.32. The molecule has 0 fully saturated rings. The van der Waals surface area contributed by atoms with Gasteiger partial charge in [-0.1, -0.05) is 60.4 Å². The van der Waals surface area contributed by atoms with Crippen LogP contribution in [0.25, 0.3) is 10.7 Å². The highest BCUT2D eigenvalue weighted by Crippen LogP contribution is 2.29. The van der Waals surface area contributed by atoms with E-state index in [-0.39, 0.29) is 6.04 Å². The van der Waals surface area contributed by atoms with Gasteiger partial charge in [-0.15, -0.1) is 11.3 Å². The van der Waals surface area contributed by atoms with Crippen molar-refractivity contribution in [2.75, 3.05) is 0 Å². The summed E-state index contributed by atoms with van der Waals surface area (Å²) in [6.07, 6.45) is 3.91. The van der Waals surface area contributed by atoms with Gasteiger partial charge in [-0.3, -0.25) is 0 Å². The molecule has 1 unspecified atom stereocenters. The topological polar surface area (TPSA) is 17.8 Å². The fraction of sp³-hybridized carbons (Fsp3) is 0.0870. The minimum atomic E-state index is 0.231. The van der Waals surface area contributed by atoms with Crippen LogP contribution >= 0.6 is 11.3 Å². The molecule has 126 valence electrons. The molecule has 0 aliphatic carbocycles. The molecule has 0 saturated carbocycles. The van der Waals surface area contributed by atoms with Crippen LogP contribution < -0.4 is 0 Å². The molecule has 0 radical (unpaired) electrons. The number of nitrogens with zero attached hydrogens (tertiary/aromatic N) is 2. The monoisotopic (exact) mass is 354 g/mol. The van der Waals surface area contributed by atoms with Gasteiger partial charge in [-0.25, -0.2) is 4.98 Å². The van der Waals surface area contributed by atoms with E-state index in [1.165, 1.54) is 5.56 Å². The van der Waals surface area contributed by atoms with E-state index in [0.717, 1.165) is 21.8 Å². The summed E-state index contributed by atoms with van der Waals surface area (Å²) in [4.78, 5) is 5.72. The molecule has 4 aromatic rings. The number of rotatable bonds is 3. The number of benzene rings is 2. The smallest absolute Gasteiger partial charge is 0.150 e. The molecule has 2 heterocycles. The Balaban J connectivity index is 1.62. The zero-order valence-corrected chi connectivity index (χ0v) is 15.3. The first kappa shape index (κ1) is 16.4. The van der Waals surface area contributed by atoms with Crippen LogP contribution in [-0.2, 0) is 0 Å². The van der Waals surface area contributed by atoms with E-state index in [1.54, 1.807) is 11.3 Å². The SMILES string of the molecule is CC(c1ccccc1)n1ccnc1-c1cc(C#Cc2ccccc2)cs1. The summed E-state index contributed by atoms with van der Waals surface area (Å²) < 4.78 is 2.22. The van der Waals surface area contributed by atoms with Gasteiger partial charge in [-0.05, 0) is 30.7 Å². The first-order valence-electron chi connectivity index (χ1n) is 8.55. The molecule has 4 rings (SSSR count). The summed E-state index contributed by atoms with van der Waals surface area (Å²) in [5, 5.41) is 2.09. The highest BCUT2D eigenvalue weighted by atomic mass is 32.1. The van der Waals surface area contributed by atoms with Crippen molar-refractivity contribution in [3.63, 3.8) is 0 Å². The first-order chi connectivity index (χ1) is 12.8. The van der Waals surface area contributed by atoms with Gasteiger partial charge in [0.1, 0.15) is 0 Å². The third-order valence-corrected chi connectivity index (χ3v) is 5.24. The first-order valence-corrected chi connectivity index (χ1v) is 9.43. The second-order valence-electron chi connectivity index (χ2n) is 6.06. The second kappa shape index (κ2) is 7.43. The molecule has 1 atom stereocenters. The predicted octanol–water partition coefficient (Wildman–Crippen LogP) is 5.62. The maximum Gasteiger partial charge on any atom is 0.150 e. The summed E-state index contributed by atoms with van der Waals surface area (Å²) in [6, 6.07) is 22.9. The van der Waals surface area contributed by atoms with Crippen molar-refractivity contribution in [1.29, 1.82) is 0 Å². The lowest BCUT2D eigenvalue weighted by atomic mass is 10.1. The number of aromatic nitrogens is 2. The van der Waals surface area contributed by atoms with Crippen molar-refractivity contribution in [3.05, 3.63) is 101 Å². The molecule has 0 aliphatic heterocycles. The number of hydrogen-bond donors (Lipinski definition) is 0. The highest BCUT2D eigenvalue weighted by Gasteiger charge is 2.14. The van der Waals surface area contributed by atoms with Gasteiger partial charge in [0.2, 0.25) is 0 Å². The summed E-state index contributed by atoms with van der Waals surface area (Å²) in [5.74, 6) is 7.44. The molecular formula is C23H18N2S. The summed E-state index contributed by atoms with van der Waals surface area (Å²) in [7, 11) is 0. The average molecular weight is 354 g/mol. The Bertz CT molecular complexity index is 1050. The lowest BCUT2D eigenvalue weighted by Gasteiger charge is -2.16. The number of imidazole rings is 1. The van der Waals surface area contributed by atoms with Crippen LogP contribution in [0.5, 0.6) is 0 Å². The van der Waals surface area contributed by atoms with Crippen LogP contribution in [0.2, 0.25) is 0 Å². The molecule has 0 bridgehead atoms. The fourth-order valence-electron chi connectivity index (χ4n) is 2.89. The van der Waals surface area contributed by atoms with Gasteiger partial charge in [0.15, 0.2) is 5.82 Å². The van der Waals surface area contributed by atoms with Crippen LogP contribution in [0, 0.1) is 11.8 Å². The summed E-state index contributed by atoms with van der Waals surface area (Å²) in [6.45, 7) is 2.20. The molecule has 0 saturated heterocycles. The lowest BCUT2D eigenvalue weighted by molar-refractivity contribution is 0.646. The van der Waals surface area contributed by atoms with Gasteiger partial charge in [0, 0.05) is 28.9 Å². The van der Waals surface area contributed by atoms with Crippen LogP contribution in [0.3, 0.4) is 0 Å². The van der Waals surface area contributed by atoms with Crippen molar-refractivity contribution in [2.45, 2.75) is 13.0 Å². The third kappa shape index (κ3) is 3.46. The van der Waals surface area contributed by atoms with E-state index < -0.39 is 0 Å². The van der Waals surface area contributed by atoms with Crippen molar-refractivity contribution in [1.82, 2.24) is 9.55 Å². The molecule has 2 nitrogen and oxygen atoms in total. The molecule has 2 aromatic heterocycles. The van der Waals surface area contributed by atoms with Crippen LogP contribution in [-0.4, -0.2) is 9.55 Å². The Morgan fingerprint density at radius 3 is 2.38 bits per heavy atom. The minimum absolute atomic E-state index is 0.231. The van der Waals surface area contributed by atoms with Crippen LogP contribution in [0.1, 0.15) is 29.7 Å². The molecule has 0 amide bonds. The average Bonchev–Trinajstić information content (AvgIpc) is 3.36. The van der Waals surface area contributed by atoms with Crippen molar-refractivity contribution >= 4 is 11.3 Å². The summed E-state index contributed by atoms with van der Waals surface area (Å²) >= 11 is 1.68. The van der Waals surface area contributed by atoms with E-state index in [2.05, 4.69) is 64.0 Å². The minimum Gasteiger partial charge on any atom is -0.323 e. The molecule has 0 spiro atoms. The fourth-order valence-corrected chi connectivity index (χ4v) is 3.73. The number of hydrogen-bond acceptors (Lipinski definition) is 2. The number of thiophene rings is 1. The zero-order chi connectivity index (χ0) is 17.8. The van der Waals surface area contributed by atoms with Gasteiger partial charge in [0.25, 0.3) is 0 Å². The van der Waals surface area contributed by atoms with E-state index >= 15 is 0 Å². The standard InChI is InChI=1S/C23H18N2S/c1-18(21-10-6-3-7-11-21)25-15-14-24-23(25)22-16-20(17-26-22)13-12-19-8-4-2-5-9-19/h2-11,14-18H,1H3. The Labute approximate surface area is 157 Å². The Hall–Kier alpha value is -3.09. The van der Waals surface area contributed by atoms with Crippen LogP contribution in [0.4, 0.5) is 0 Å². The molecule has 0 N–H and O–H groups in total. The maximum absolute atomic E-state index is 4.59. The third-order valence-electron chi connectivity index (χ3n) is 4.31. The predicted molar refractivity (Wildman–Crippen MR) is 108 cm³/mol. The molecule has 2 aromatic carbocycles. The molecule has 3 heteroatoms. The lowest BCUT2D eigenvalue weighted by Crippen LogP contribution is -2.06. The van der Waals surface area contributed by atoms with E-state index in [1.807, 2.05) is 48.8 Å². The molecule has 26 heavy (non-hydrogen) atoms. The van der Waals surface area contributed by atoms with Gasteiger partial charge >= 0.3 is 0 Å². The molecule has 0 aliphatic rings. The van der Waals surface area contributed by atoms with E-state index in [4.69, 9.17) is 0 Å². The maximum atomic E-state index is 4.59. The second-order valence-corrected chi connectivity index (χ2v) is 6.97. The van der Waals surface area contributed by atoms with Crippen molar-refractivity contribution in [2.24, 2.45) is 0 Å². The van der Waals surface area contributed by atoms with E-state index in [0.29, 0.717) is 0 Å². The van der Waals surface area contributed by atoms with Crippen molar-refractivity contribution < 1.29 is 0 Å². The Kier molecular flexibility index (Phi) is 4.68. The highest BCUT2D eigenvalue weighted by molar-refractivity contribution is 7.13. The Morgan fingerprint density at radius 2 is 1.62 bits per heavy atom. The van der Waals surface area contributed by atoms with Gasteiger partial charge in [0.05, 0.1) is 10.9 Å². The normalized spacial score (nSPS) is 11.6. The van der Waals surface area contributed by atoms with Crippen molar-refractivity contribution in [3.8, 4) is 22.5 Å². The molecular weight excluding hydrogens is 336 g/mol. The largest absolute Gasteiger partial charge is 0.323 e. The Morgan fingerprint density at radius 1 is 0.923 bits per heavy atom. The zero-order valence-electron chi connectivity index (χ0n) is 14.5. The van der Waals surface area contributed by atoms with Crippen LogP contribution in [0.15, 0.2) is 84.5 Å². The van der Waals surface area contributed by atoms with E-state index in [9.17, 15) is 0 Å². The van der Waals surface area contributed by atoms with Gasteiger partial charge < -0.3 is 4.57 Å². The van der Waals surface area contributed by atoms with Gasteiger partial charge in [-0.2, -0.15) is 0 Å².